The average Bonchev–Trinajstić information content (AvgIpc) is 2.19. The molecule has 0 aliphatic carbocycles. The molecule has 8 nitrogen and oxygen atoms in total. The van der Waals surface area contributed by atoms with E-state index in [-0.39, 0.29) is 6.07 Å². The highest BCUT2D eigenvalue weighted by molar-refractivity contribution is 7.93. The van der Waals surface area contributed by atoms with E-state index in [1.165, 1.54) is 4.72 Å². The zero-order valence-electron chi connectivity index (χ0n) is 8.96. The molecule has 0 saturated heterocycles. The van der Waals surface area contributed by atoms with Crippen LogP contribution in [0.3, 0.4) is 0 Å². The van der Waals surface area contributed by atoms with E-state index in [1.807, 2.05) is 0 Å². The number of aliphatic carboxylic acids is 1. The second kappa shape index (κ2) is 5.14. The molecular formula is C8H6F2N2O6S. The molecule has 0 heterocycles. The number of benzene rings is 1. The molecule has 1 rings (SSSR count). The second-order valence-electron chi connectivity index (χ2n) is 3.29. The summed E-state index contributed by atoms with van der Waals surface area (Å²) in [6.07, 6.45) is 0. The zero-order chi connectivity index (χ0) is 14.8. The van der Waals surface area contributed by atoms with Gasteiger partial charge >= 0.3 is 5.97 Å². The molecule has 2 N–H and O–H groups in total. The summed E-state index contributed by atoms with van der Waals surface area (Å²) >= 11 is 0. The maximum atomic E-state index is 13.3. The van der Waals surface area contributed by atoms with Crippen molar-refractivity contribution < 1.29 is 32.0 Å². The SMILES string of the molecule is O=C(O)CS(=O)(=O)Nc1c(F)cc(F)cc1[N+](=O)[O-]. The van der Waals surface area contributed by atoms with Crippen molar-refractivity contribution in [1.29, 1.82) is 0 Å². The molecule has 0 amide bonds. The number of carboxylic acid groups (broad SMARTS) is 1. The third-order valence-corrected chi connectivity index (χ3v) is 2.94. The van der Waals surface area contributed by atoms with Gasteiger partial charge in [-0.25, -0.2) is 17.2 Å². The van der Waals surface area contributed by atoms with E-state index < -0.39 is 49.7 Å². The highest BCUT2D eigenvalue weighted by Crippen LogP contribution is 2.29. The first-order valence-electron chi connectivity index (χ1n) is 4.48. The van der Waals surface area contributed by atoms with Crippen molar-refractivity contribution in [3.8, 4) is 0 Å². The summed E-state index contributed by atoms with van der Waals surface area (Å²) in [5, 5.41) is 18.9. The first-order valence-corrected chi connectivity index (χ1v) is 6.13. The minimum Gasteiger partial charge on any atom is -0.480 e. The van der Waals surface area contributed by atoms with Gasteiger partial charge in [0.1, 0.15) is 5.82 Å². The molecule has 1 aromatic carbocycles. The van der Waals surface area contributed by atoms with Crippen LogP contribution in [0.2, 0.25) is 0 Å². The lowest BCUT2D eigenvalue weighted by atomic mass is 10.2. The predicted molar refractivity (Wildman–Crippen MR) is 58.1 cm³/mol. The molecule has 0 spiro atoms. The van der Waals surface area contributed by atoms with E-state index in [4.69, 9.17) is 5.11 Å². The molecule has 11 heteroatoms. The van der Waals surface area contributed by atoms with E-state index in [9.17, 15) is 32.1 Å². The summed E-state index contributed by atoms with van der Waals surface area (Å²) < 4.78 is 50.0. The van der Waals surface area contributed by atoms with Gasteiger partial charge in [0.15, 0.2) is 17.3 Å². The van der Waals surface area contributed by atoms with Crippen LogP contribution in [0, 0.1) is 21.7 Å². The Bertz CT molecular complexity index is 645. The molecule has 0 aliphatic rings. The predicted octanol–water partition coefficient (Wildman–Crippen LogP) is 0.699. The van der Waals surface area contributed by atoms with Crippen molar-refractivity contribution in [1.82, 2.24) is 0 Å². The first-order chi connectivity index (χ1) is 8.62. The van der Waals surface area contributed by atoms with Gasteiger partial charge in [-0.15, -0.1) is 0 Å². The molecule has 19 heavy (non-hydrogen) atoms. The summed E-state index contributed by atoms with van der Waals surface area (Å²) in [6, 6.07) is 0.535. The second-order valence-corrected chi connectivity index (χ2v) is 5.02. The number of nitro groups is 1. The van der Waals surface area contributed by atoms with Crippen LogP contribution in [0.25, 0.3) is 0 Å². The number of hydrogen-bond acceptors (Lipinski definition) is 5. The number of carbonyl (C=O) groups is 1. The van der Waals surface area contributed by atoms with Crippen LogP contribution in [-0.2, 0) is 14.8 Å². The van der Waals surface area contributed by atoms with Gasteiger partial charge in [-0.1, -0.05) is 0 Å². The number of rotatable bonds is 5. The van der Waals surface area contributed by atoms with Crippen molar-refractivity contribution in [3.63, 3.8) is 0 Å². The summed E-state index contributed by atoms with van der Waals surface area (Å²) in [5.41, 5.74) is -2.28. The fraction of sp³-hybridized carbons (Fsp3) is 0.125. The van der Waals surface area contributed by atoms with Crippen molar-refractivity contribution in [2.45, 2.75) is 0 Å². The van der Waals surface area contributed by atoms with Crippen molar-refractivity contribution in [2.75, 3.05) is 10.5 Å². The fourth-order valence-corrected chi connectivity index (χ4v) is 2.07. The van der Waals surface area contributed by atoms with Crippen LogP contribution in [0.5, 0.6) is 0 Å². The number of anilines is 1. The Balaban J connectivity index is 3.28. The summed E-state index contributed by atoms with van der Waals surface area (Å²) in [7, 11) is -4.54. The average molecular weight is 296 g/mol. The molecule has 0 bridgehead atoms. The van der Waals surface area contributed by atoms with Gasteiger partial charge in [-0.05, 0) is 0 Å². The van der Waals surface area contributed by atoms with Crippen molar-refractivity contribution >= 4 is 27.4 Å². The highest BCUT2D eigenvalue weighted by Gasteiger charge is 2.26. The number of nitrogens with one attached hydrogen (secondary N) is 1. The minimum atomic E-state index is -4.54. The Morgan fingerprint density at radius 3 is 2.47 bits per heavy atom. The Morgan fingerprint density at radius 2 is 2.00 bits per heavy atom. The molecule has 0 aromatic heterocycles. The van der Waals surface area contributed by atoms with Crippen molar-refractivity contribution in [2.24, 2.45) is 0 Å². The Hall–Kier alpha value is -2.30. The molecule has 0 aliphatic heterocycles. The molecule has 1 aromatic rings. The molecule has 0 saturated carbocycles. The van der Waals surface area contributed by atoms with Gasteiger partial charge in [0, 0.05) is 6.07 Å². The molecular weight excluding hydrogens is 290 g/mol. The van der Waals surface area contributed by atoms with Gasteiger partial charge in [0.2, 0.25) is 10.0 Å². The number of carboxylic acids is 1. The summed E-state index contributed by atoms with van der Waals surface area (Å²) in [5.74, 6) is -5.95. The molecule has 104 valence electrons. The maximum absolute atomic E-state index is 13.3. The maximum Gasteiger partial charge on any atom is 0.320 e. The largest absolute Gasteiger partial charge is 0.480 e. The number of nitrogens with zero attached hydrogens (tertiary/aromatic N) is 1. The fourth-order valence-electron chi connectivity index (χ4n) is 1.16. The van der Waals surface area contributed by atoms with Crippen LogP contribution < -0.4 is 4.72 Å². The minimum absolute atomic E-state index is 0.228. The molecule has 0 fully saturated rings. The topological polar surface area (TPSA) is 127 Å². The first kappa shape index (κ1) is 14.8. The third-order valence-electron chi connectivity index (χ3n) is 1.80. The van der Waals surface area contributed by atoms with Crippen LogP contribution in [-0.4, -0.2) is 30.2 Å². The Labute approximate surface area is 104 Å². The Kier molecular flexibility index (Phi) is 3.99. The normalized spacial score (nSPS) is 11.1. The molecule has 0 atom stereocenters. The zero-order valence-corrected chi connectivity index (χ0v) is 9.78. The van der Waals surface area contributed by atoms with Gasteiger partial charge in [0.05, 0.1) is 11.0 Å². The molecule has 0 unspecified atom stereocenters. The van der Waals surface area contributed by atoms with E-state index in [1.54, 1.807) is 0 Å². The standard InChI is InChI=1S/C8H6F2N2O6S/c9-4-1-5(10)8(6(2-4)12(15)16)11-19(17,18)3-7(13)14/h1-2,11H,3H2,(H,13,14). The van der Waals surface area contributed by atoms with Gasteiger partial charge in [-0.3, -0.25) is 19.6 Å². The van der Waals surface area contributed by atoms with Crippen LogP contribution in [0.15, 0.2) is 12.1 Å². The summed E-state index contributed by atoms with van der Waals surface area (Å²) in [6.45, 7) is 0. The van der Waals surface area contributed by atoms with Crippen LogP contribution >= 0.6 is 0 Å². The number of hydrogen-bond donors (Lipinski definition) is 2. The number of sulfonamides is 1. The lowest BCUT2D eigenvalue weighted by Crippen LogP contribution is -2.23. The van der Waals surface area contributed by atoms with E-state index in [0.717, 1.165) is 0 Å². The Morgan fingerprint density at radius 1 is 1.42 bits per heavy atom. The van der Waals surface area contributed by atoms with Gasteiger partial charge < -0.3 is 5.11 Å². The lowest BCUT2D eigenvalue weighted by Gasteiger charge is -2.07. The quantitative estimate of drug-likeness (QED) is 0.608. The van der Waals surface area contributed by atoms with Crippen LogP contribution in [0.4, 0.5) is 20.2 Å². The third kappa shape index (κ3) is 3.84. The highest BCUT2D eigenvalue weighted by atomic mass is 32.2. The number of nitro benzene ring substituents is 1. The molecule has 0 radical (unpaired) electrons. The van der Waals surface area contributed by atoms with Gasteiger partial charge in [-0.2, -0.15) is 0 Å². The van der Waals surface area contributed by atoms with Crippen LogP contribution in [0.1, 0.15) is 0 Å². The van der Waals surface area contributed by atoms with E-state index in [0.29, 0.717) is 6.07 Å². The van der Waals surface area contributed by atoms with E-state index >= 15 is 0 Å². The van der Waals surface area contributed by atoms with Crippen molar-refractivity contribution in [3.05, 3.63) is 33.9 Å². The lowest BCUT2D eigenvalue weighted by molar-refractivity contribution is -0.384. The monoisotopic (exact) mass is 296 g/mol. The van der Waals surface area contributed by atoms with Gasteiger partial charge in [0.25, 0.3) is 5.69 Å². The summed E-state index contributed by atoms with van der Waals surface area (Å²) in [4.78, 5) is 19.6. The smallest absolute Gasteiger partial charge is 0.320 e. The van der Waals surface area contributed by atoms with E-state index in [2.05, 4.69) is 0 Å². The number of halogens is 2.